The molecule has 15 heteroatoms. The van der Waals surface area contributed by atoms with Crippen LogP contribution in [0.3, 0.4) is 0 Å². The van der Waals surface area contributed by atoms with Gasteiger partial charge >= 0.3 is 11.9 Å². The molecule has 0 fully saturated rings. The average Bonchev–Trinajstić information content (AvgIpc) is 3.27. The van der Waals surface area contributed by atoms with Gasteiger partial charge in [0.15, 0.2) is 6.61 Å². The molecule has 0 aliphatic rings. The third-order valence-electron chi connectivity index (χ3n) is 5.70. The Bertz CT molecular complexity index is 1810. The number of hydrogen-bond acceptors (Lipinski definition) is 8. The van der Waals surface area contributed by atoms with E-state index >= 15 is 0 Å². The fraction of sp³-hybridized carbons (Fsp3) is 0.250. The van der Waals surface area contributed by atoms with Gasteiger partial charge in [-0.2, -0.15) is 17.5 Å². The molecule has 1 amide bonds. The zero-order valence-electron chi connectivity index (χ0n) is 20.6. The second-order valence-corrected chi connectivity index (χ2v) is 11.7. The summed E-state index contributed by atoms with van der Waals surface area (Å²) in [6, 6.07) is 11.3. The SMILES string of the molecule is CC(C)S(=O)(=O)NC(=O)COc1ccccc1-c1nsc2ccc(-n3c(=O)cc(C(F)(F)F)n(C)c3=O)cc12. The summed E-state index contributed by atoms with van der Waals surface area (Å²) in [7, 11) is -2.92. The summed E-state index contributed by atoms with van der Waals surface area (Å²) in [6.45, 7) is 2.23. The second-order valence-electron chi connectivity index (χ2n) is 8.66. The number of carbonyl (C=O) groups excluding carboxylic acids is 1. The number of fused-ring (bicyclic) bond motifs is 1. The number of para-hydroxylation sites is 1. The molecule has 0 spiro atoms. The summed E-state index contributed by atoms with van der Waals surface area (Å²) >= 11 is 1.09. The minimum absolute atomic E-state index is 0.0277. The van der Waals surface area contributed by atoms with Crippen LogP contribution in [0.1, 0.15) is 19.5 Å². The first-order chi connectivity index (χ1) is 18.2. The van der Waals surface area contributed by atoms with Crippen LogP contribution < -0.4 is 20.7 Å². The normalized spacial score (nSPS) is 12.2. The van der Waals surface area contributed by atoms with Crippen LogP contribution in [0.5, 0.6) is 5.75 Å². The Hall–Kier alpha value is -3.98. The van der Waals surface area contributed by atoms with E-state index in [-0.39, 0.29) is 11.4 Å². The van der Waals surface area contributed by atoms with Crippen molar-refractivity contribution in [3.63, 3.8) is 0 Å². The molecule has 4 aromatic rings. The van der Waals surface area contributed by atoms with Gasteiger partial charge in [0.05, 0.1) is 21.3 Å². The van der Waals surface area contributed by atoms with Gasteiger partial charge in [0.25, 0.3) is 11.5 Å². The van der Waals surface area contributed by atoms with Crippen LogP contribution in [0.15, 0.2) is 58.1 Å². The summed E-state index contributed by atoms with van der Waals surface area (Å²) in [4.78, 5) is 37.5. The number of aromatic nitrogens is 3. The molecule has 10 nitrogen and oxygen atoms in total. The zero-order valence-corrected chi connectivity index (χ0v) is 22.3. The number of nitrogens with zero attached hydrogens (tertiary/aromatic N) is 3. The van der Waals surface area contributed by atoms with Crippen molar-refractivity contribution in [2.45, 2.75) is 25.3 Å². The number of hydrogen-bond donors (Lipinski definition) is 1. The quantitative estimate of drug-likeness (QED) is 0.355. The van der Waals surface area contributed by atoms with Crippen LogP contribution in [-0.4, -0.2) is 39.7 Å². The molecular weight excluding hydrogens is 561 g/mol. The second kappa shape index (κ2) is 10.3. The van der Waals surface area contributed by atoms with Crippen LogP contribution in [0, 0.1) is 0 Å². The summed E-state index contributed by atoms with van der Waals surface area (Å²) in [6.07, 6.45) is -4.89. The molecule has 0 radical (unpaired) electrons. The summed E-state index contributed by atoms with van der Waals surface area (Å²) in [5.41, 5.74) is -2.89. The van der Waals surface area contributed by atoms with Gasteiger partial charge in [0, 0.05) is 24.1 Å². The highest BCUT2D eigenvalue weighted by Gasteiger charge is 2.35. The van der Waals surface area contributed by atoms with Crippen molar-refractivity contribution in [2.75, 3.05) is 6.61 Å². The third-order valence-corrected chi connectivity index (χ3v) is 8.28. The first kappa shape index (κ1) is 28.0. The van der Waals surface area contributed by atoms with E-state index in [9.17, 15) is 36.0 Å². The van der Waals surface area contributed by atoms with E-state index in [2.05, 4.69) is 4.37 Å². The number of carbonyl (C=O) groups is 1. The minimum atomic E-state index is -4.89. The first-order valence-corrected chi connectivity index (χ1v) is 13.6. The highest BCUT2D eigenvalue weighted by atomic mass is 32.2. The molecule has 0 bridgehead atoms. The number of benzene rings is 2. The van der Waals surface area contributed by atoms with E-state index in [4.69, 9.17) is 4.74 Å². The van der Waals surface area contributed by atoms with Crippen LogP contribution >= 0.6 is 11.5 Å². The van der Waals surface area contributed by atoms with Gasteiger partial charge in [0.2, 0.25) is 10.0 Å². The first-order valence-electron chi connectivity index (χ1n) is 11.3. The third kappa shape index (κ3) is 5.59. The van der Waals surface area contributed by atoms with Crippen molar-refractivity contribution in [1.29, 1.82) is 0 Å². The van der Waals surface area contributed by atoms with E-state index < -0.39 is 50.9 Å². The predicted octanol–water partition coefficient (Wildman–Crippen LogP) is 3.06. The fourth-order valence-corrected chi connectivity index (χ4v) is 5.01. The van der Waals surface area contributed by atoms with Gasteiger partial charge in [-0.3, -0.25) is 14.2 Å². The predicted molar refractivity (Wildman–Crippen MR) is 139 cm³/mol. The Morgan fingerprint density at radius 1 is 1.13 bits per heavy atom. The molecule has 0 aliphatic carbocycles. The molecular formula is C24H21F3N4O6S2. The molecule has 206 valence electrons. The lowest BCUT2D eigenvalue weighted by atomic mass is 10.1. The van der Waals surface area contributed by atoms with E-state index in [1.54, 1.807) is 30.3 Å². The maximum absolute atomic E-state index is 13.2. The van der Waals surface area contributed by atoms with Crippen molar-refractivity contribution >= 4 is 37.5 Å². The van der Waals surface area contributed by atoms with E-state index in [0.717, 1.165) is 18.6 Å². The van der Waals surface area contributed by atoms with Gasteiger partial charge in [-0.05, 0) is 55.7 Å². The largest absolute Gasteiger partial charge is 0.483 e. The Morgan fingerprint density at radius 3 is 2.49 bits per heavy atom. The average molecular weight is 583 g/mol. The Balaban J connectivity index is 1.73. The maximum Gasteiger partial charge on any atom is 0.431 e. The Labute approximate surface area is 223 Å². The Kier molecular flexibility index (Phi) is 7.40. The van der Waals surface area contributed by atoms with Crippen molar-refractivity contribution in [2.24, 2.45) is 7.05 Å². The van der Waals surface area contributed by atoms with Crippen molar-refractivity contribution in [1.82, 2.24) is 18.2 Å². The molecule has 2 aromatic carbocycles. The van der Waals surface area contributed by atoms with Crippen molar-refractivity contribution in [3.05, 3.63) is 75.1 Å². The van der Waals surface area contributed by atoms with Crippen LogP contribution in [-0.2, 0) is 28.0 Å². The maximum atomic E-state index is 13.2. The lowest BCUT2D eigenvalue weighted by Crippen LogP contribution is -2.40. The van der Waals surface area contributed by atoms with Crippen molar-refractivity contribution < 1.29 is 31.1 Å². The van der Waals surface area contributed by atoms with E-state index in [0.29, 0.717) is 36.5 Å². The fourth-order valence-electron chi connectivity index (χ4n) is 3.63. The van der Waals surface area contributed by atoms with Gasteiger partial charge in [-0.1, -0.05) is 12.1 Å². The standard InChI is InChI=1S/C24H21F3N4O6S2/c1-13(2)39(35,36)29-20(32)12-37-17-7-5-4-6-15(17)22-16-10-14(8-9-18(16)38-28-22)31-21(33)11-19(24(25,26)27)30(3)23(31)34/h4-11,13H,12H2,1-3H3,(H,29,32). The highest BCUT2D eigenvalue weighted by molar-refractivity contribution is 7.90. The number of halogens is 3. The molecule has 39 heavy (non-hydrogen) atoms. The van der Waals surface area contributed by atoms with Crippen molar-refractivity contribution in [3.8, 4) is 22.7 Å². The zero-order chi connectivity index (χ0) is 28.7. The molecule has 4 rings (SSSR count). The number of alkyl halides is 3. The summed E-state index contributed by atoms with van der Waals surface area (Å²) < 4.78 is 77.1. The number of sulfonamides is 1. The van der Waals surface area contributed by atoms with E-state index in [1.807, 2.05) is 4.72 Å². The van der Waals surface area contributed by atoms with Crippen LogP contribution in [0.4, 0.5) is 13.2 Å². The number of rotatable bonds is 7. The molecule has 2 aromatic heterocycles. The van der Waals surface area contributed by atoms with Gasteiger partial charge in [-0.25, -0.2) is 22.5 Å². The van der Waals surface area contributed by atoms with Crippen LogP contribution in [0.25, 0.3) is 27.0 Å². The molecule has 0 aliphatic heterocycles. The van der Waals surface area contributed by atoms with Gasteiger partial charge in [-0.15, -0.1) is 0 Å². The van der Waals surface area contributed by atoms with E-state index in [1.165, 1.54) is 26.0 Å². The monoisotopic (exact) mass is 582 g/mol. The minimum Gasteiger partial charge on any atom is -0.483 e. The number of ether oxygens (including phenoxy) is 1. The summed E-state index contributed by atoms with van der Waals surface area (Å²) in [5, 5.41) is -0.354. The molecule has 0 saturated heterocycles. The molecule has 2 heterocycles. The lowest BCUT2D eigenvalue weighted by molar-refractivity contribution is -0.144. The smallest absolute Gasteiger partial charge is 0.431 e. The molecule has 0 unspecified atom stereocenters. The number of amides is 1. The van der Waals surface area contributed by atoms with Crippen LogP contribution in [0.2, 0.25) is 0 Å². The Morgan fingerprint density at radius 2 is 1.82 bits per heavy atom. The number of nitrogens with one attached hydrogen (secondary N) is 1. The van der Waals surface area contributed by atoms with Gasteiger partial charge < -0.3 is 4.74 Å². The summed E-state index contributed by atoms with van der Waals surface area (Å²) in [5.74, 6) is -0.670. The molecule has 0 atom stereocenters. The topological polar surface area (TPSA) is 129 Å². The highest BCUT2D eigenvalue weighted by Crippen LogP contribution is 2.37. The lowest BCUT2D eigenvalue weighted by Gasteiger charge is -2.14. The van der Waals surface area contributed by atoms with Gasteiger partial charge in [0.1, 0.15) is 11.4 Å². The molecule has 1 N–H and O–H groups in total. The molecule has 0 saturated carbocycles.